The summed E-state index contributed by atoms with van der Waals surface area (Å²) in [5.74, 6) is 0.987. The van der Waals surface area contributed by atoms with Crippen LogP contribution in [0.1, 0.15) is 25.7 Å². The van der Waals surface area contributed by atoms with E-state index in [4.69, 9.17) is 11.6 Å². The van der Waals surface area contributed by atoms with Crippen LogP contribution in [0.5, 0.6) is 0 Å². The predicted octanol–water partition coefficient (Wildman–Crippen LogP) is 1.51. The fourth-order valence-corrected chi connectivity index (χ4v) is 2.83. The summed E-state index contributed by atoms with van der Waals surface area (Å²) in [5.41, 5.74) is 0. The molecule has 1 unspecified atom stereocenters. The van der Waals surface area contributed by atoms with Gasteiger partial charge in [0.25, 0.3) is 0 Å². The minimum Gasteiger partial charge on any atom is -0.299 e. The van der Waals surface area contributed by atoms with Crippen molar-refractivity contribution in [3.05, 3.63) is 0 Å². The quantitative estimate of drug-likeness (QED) is 0.674. The average Bonchev–Trinajstić information content (AvgIpc) is 2.57. The zero-order chi connectivity index (χ0) is 11.3. The molecular formula is C10H20ClNO2S. The van der Waals surface area contributed by atoms with Crippen molar-refractivity contribution in [2.24, 2.45) is 0 Å². The first-order chi connectivity index (χ1) is 7.03. The van der Waals surface area contributed by atoms with Crippen molar-refractivity contribution in [2.75, 3.05) is 31.0 Å². The third-order valence-corrected chi connectivity index (χ3v) is 4.11. The zero-order valence-corrected chi connectivity index (χ0v) is 10.9. The second-order valence-electron chi connectivity index (χ2n) is 4.29. The van der Waals surface area contributed by atoms with E-state index >= 15 is 0 Å². The van der Waals surface area contributed by atoms with Crippen LogP contribution in [0.2, 0.25) is 0 Å². The lowest BCUT2D eigenvalue weighted by Gasteiger charge is -2.23. The second-order valence-corrected chi connectivity index (χ2v) is 6.93. The number of hydrogen-bond acceptors (Lipinski definition) is 3. The first-order valence-electron chi connectivity index (χ1n) is 5.50. The zero-order valence-electron chi connectivity index (χ0n) is 9.28. The van der Waals surface area contributed by atoms with Crippen LogP contribution in [0.15, 0.2) is 0 Å². The van der Waals surface area contributed by atoms with Crippen LogP contribution in [0.4, 0.5) is 0 Å². The lowest BCUT2D eigenvalue weighted by Crippen LogP contribution is -2.33. The van der Waals surface area contributed by atoms with Gasteiger partial charge in [0.2, 0.25) is 0 Å². The molecule has 1 fully saturated rings. The van der Waals surface area contributed by atoms with Crippen LogP contribution < -0.4 is 0 Å². The number of sulfone groups is 1. The van der Waals surface area contributed by atoms with Crippen molar-refractivity contribution >= 4 is 21.4 Å². The van der Waals surface area contributed by atoms with E-state index in [1.807, 2.05) is 0 Å². The molecule has 1 aliphatic heterocycles. The summed E-state index contributed by atoms with van der Waals surface area (Å²) in [5, 5.41) is 0. The molecule has 1 aliphatic rings. The summed E-state index contributed by atoms with van der Waals surface area (Å²) in [6.07, 6.45) is 5.82. The smallest absolute Gasteiger partial charge is 0.148 e. The van der Waals surface area contributed by atoms with Gasteiger partial charge in [-0.2, -0.15) is 0 Å². The molecule has 0 spiro atoms. The lowest BCUT2D eigenvalue weighted by atomic mass is 10.1. The van der Waals surface area contributed by atoms with Gasteiger partial charge in [0.15, 0.2) is 0 Å². The number of hydrogen-bond donors (Lipinski definition) is 0. The monoisotopic (exact) mass is 253 g/mol. The molecule has 1 atom stereocenters. The minimum absolute atomic E-state index is 0.282. The molecule has 0 N–H and O–H groups in total. The van der Waals surface area contributed by atoms with Gasteiger partial charge < -0.3 is 0 Å². The van der Waals surface area contributed by atoms with Crippen molar-refractivity contribution in [2.45, 2.75) is 31.7 Å². The Labute approximate surface area is 97.7 Å². The Morgan fingerprint density at radius 2 is 2.20 bits per heavy atom. The van der Waals surface area contributed by atoms with Crippen LogP contribution in [-0.2, 0) is 9.84 Å². The Kier molecular flexibility index (Phi) is 5.36. The third kappa shape index (κ3) is 5.18. The van der Waals surface area contributed by atoms with Gasteiger partial charge in [-0.25, -0.2) is 8.42 Å². The average molecular weight is 254 g/mol. The molecule has 5 heteroatoms. The van der Waals surface area contributed by atoms with E-state index in [1.54, 1.807) is 0 Å². The lowest BCUT2D eigenvalue weighted by molar-refractivity contribution is 0.255. The molecule has 0 radical (unpaired) electrons. The number of halogens is 1. The highest BCUT2D eigenvalue weighted by atomic mass is 35.5. The SMILES string of the molecule is CS(=O)(=O)CCN1CCCC1CCCCl. The highest BCUT2D eigenvalue weighted by Gasteiger charge is 2.24. The number of rotatable bonds is 6. The standard InChI is InChI=1S/C10H20ClNO2S/c1-15(13,14)9-8-12-7-3-5-10(12)4-2-6-11/h10H,2-9H2,1H3. The molecule has 0 saturated carbocycles. The van der Waals surface area contributed by atoms with E-state index in [0.717, 1.165) is 19.4 Å². The van der Waals surface area contributed by atoms with Crippen molar-refractivity contribution in [1.29, 1.82) is 0 Å². The molecule has 1 heterocycles. The summed E-state index contributed by atoms with van der Waals surface area (Å²) in [6.45, 7) is 1.73. The third-order valence-electron chi connectivity index (χ3n) is 2.92. The van der Waals surface area contributed by atoms with E-state index in [-0.39, 0.29) is 5.75 Å². The van der Waals surface area contributed by atoms with E-state index < -0.39 is 9.84 Å². The molecule has 3 nitrogen and oxygen atoms in total. The Morgan fingerprint density at radius 1 is 1.47 bits per heavy atom. The Morgan fingerprint density at radius 3 is 2.80 bits per heavy atom. The summed E-state index contributed by atoms with van der Waals surface area (Å²) in [6, 6.07) is 0.561. The maximum Gasteiger partial charge on any atom is 0.148 e. The van der Waals surface area contributed by atoms with E-state index in [9.17, 15) is 8.42 Å². The van der Waals surface area contributed by atoms with Crippen LogP contribution >= 0.6 is 11.6 Å². The van der Waals surface area contributed by atoms with Crippen molar-refractivity contribution in [1.82, 2.24) is 4.90 Å². The van der Waals surface area contributed by atoms with Crippen LogP contribution in [0.25, 0.3) is 0 Å². The maximum absolute atomic E-state index is 11.1. The van der Waals surface area contributed by atoms with E-state index in [1.165, 1.54) is 19.1 Å². The van der Waals surface area contributed by atoms with Gasteiger partial charge in [0.05, 0.1) is 5.75 Å². The molecule has 0 aliphatic carbocycles. The second kappa shape index (κ2) is 6.06. The van der Waals surface area contributed by atoms with Crippen LogP contribution in [-0.4, -0.2) is 50.3 Å². The number of likely N-dealkylation sites (tertiary alicyclic amines) is 1. The minimum atomic E-state index is -2.82. The van der Waals surface area contributed by atoms with Crippen molar-refractivity contribution < 1.29 is 8.42 Å². The molecule has 1 saturated heterocycles. The molecule has 0 aromatic carbocycles. The molecular weight excluding hydrogens is 234 g/mol. The highest BCUT2D eigenvalue weighted by Crippen LogP contribution is 2.21. The first kappa shape index (κ1) is 13.3. The van der Waals surface area contributed by atoms with Gasteiger partial charge in [0.1, 0.15) is 9.84 Å². The normalized spacial score (nSPS) is 23.5. The van der Waals surface area contributed by atoms with Gasteiger partial charge in [-0.1, -0.05) is 0 Å². The summed E-state index contributed by atoms with van der Waals surface area (Å²) >= 11 is 5.66. The number of alkyl halides is 1. The molecule has 0 aromatic rings. The van der Waals surface area contributed by atoms with Gasteiger partial charge in [-0.05, 0) is 32.2 Å². The largest absolute Gasteiger partial charge is 0.299 e. The fraction of sp³-hybridized carbons (Fsp3) is 1.00. The van der Waals surface area contributed by atoms with Gasteiger partial charge >= 0.3 is 0 Å². The first-order valence-corrected chi connectivity index (χ1v) is 8.10. The molecule has 15 heavy (non-hydrogen) atoms. The Balaban J connectivity index is 2.33. The summed E-state index contributed by atoms with van der Waals surface area (Å²) in [4.78, 5) is 2.30. The molecule has 1 rings (SSSR count). The van der Waals surface area contributed by atoms with Crippen LogP contribution in [0, 0.1) is 0 Å². The van der Waals surface area contributed by atoms with E-state index in [2.05, 4.69) is 4.90 Å². The van der Waals surface area contributed by atoms with E-state index in [0.29, 0.717) is 18.5 Å². The van der Waals surface area contributed by atoms with Gasteiger partial charge in [-0.3, -0.25) is 4.90 Å². The van der Waals surface area contributed by atoms with Crippen molar-refractivity contribution in [3.8, 4) is 0 Å². The maximum atomic E-state index is 11.1. The van der Waals surface area contributed by atoms with Crippen LogP contribution in [0.3, 0.4) is 0 Å². The summed E-state index contributed by atoms with van der Waals surface area (Å²) in [7, 11) is -2.82. The predicted molar refractivity (Wildman–Crippen MR) is 64.3 cm³/mol. The van der Waals surface area contributed by atoms with Crippen molar-refractivity contribution in [3.63, 3.8) is 0 Å². The molecule has 0 amide bonds. The Bertz CT molecular complexity index is 279. The Hall–Kier alpha value is 0.200. The number of nitrogens with zero attached hydrogens (tertiary/aromatic N) is 1. The fourth-order valence-electron chi connectivity index (χ4n) is 2.11. The summed E-state index contributed by atoms with van der Waals surface area (Å²) < 4.78 is 22.1. The topological polar surface area (TPSA) is 37.4 Å². The van der Waals surface area contributed by atoms with Gasteiger partial charge in [-0.15, -0.1) is 11.6 Å². The highest BCUT2D eigenvalue weighted by molar-refractivity contribution is 7.90. The van der Waals surface area contributed by atoms with Gasteiger partial charge in [0, 0.05) is 24.7 Å². The molecule has 0 aromatic heterocycles. The molecule has 90 valence electrons. The molecule has 0 bridgehead atoms.